The number of rotatable bonds is 4. The molecule has 4 nitrogen and oxygen atoms in total. The summed E-state index contributed by atoms with van der Waals surface area (Å²) in [6, 6.07) is 19.0. The molecule has 0 bridgehead atoms. The van der Waals surface area contributed by atoms with Gasteiger partial charge in [0, 0.05) is 11.4 Å². The average Bonchev–Trinajstić information content (AvgIpc) is 2.70. The Kier molecular flexibility index (Phi) is 6.45. The van der Waals surface area contributed by atoms with Gasteiger partial charge < -0.3 is 15.4 Å². The van der Waals surface area contributed by atoms with E-state index in [0.717, 1.165) is 12.1 Å². The van der Waals surface area contributed by atoms with Gasteiger partial charge in [-0.1, -0.05) is 11.6 Å². The van der Waals surface area contributed by atoms with E-state index in [1.165, 1.54) is 6.07 Å². The molecule has 0 saturated heterocycles. The number of thiocarbonyl (C=S) groups is 1. The molecule has 0 amide bonds. The first-order valence-electron chi connectivity index (χ1n) is 8.47. The monoisotopic (exact) mass is 447 g/mol. The van der Waals surface area contributed by atoms with Gasteiger partial charge in [0.15, 0.2) is 5.11 Å². The summed E-state index contributed by atoms with van der Waals surface area (Å²) in [6.07, 6.45) is -4.56. The predicted molar refractivity (Wildman–Crippen MR) is 114 cm³/mol. The third kappa shape index (κ3) is 5.63. The van der Waals surface area contributed by atoms with Gasteiger partial charge in [0.25, 0.3) is 0 Å². The average molecular weight is 448 g/mol. The highest BCUT2D eigenvalue weighted by molar-refractivity contribution is 7.80. The lowest BCUT2D eigenvalue weighted by atomic mass is 10.2. The topological polar surface area (TPSA) is 57.1 Å². The molecule has 9 heteroatoms. The van der Waals surface area contributed by atoms with E-state index in [2.05, 4.69) is 10.6 Å². The highest BCUT2D eigenvalue weighted by Crippen LogP contribution is 2.36. The van der Waals surface area contributed by atoms with Crippen LogP contribution >= 0.6 is 23.8 Å². The third-order valence-corrected chi connectivity index (χ3v) is 4.39. The van der Waals surface area contributed by atoms with Gasteiger partial charge >= 0.3 is 6.18 Å². The Morgan fingerprint density at radius 2 is 1.43 bits per heavy atom. The van der Waals surface area contributed by atoms with Crippen molar-refractivity contribution in [2.45, 2.75) is 6.18 Å². The summed E-state index contributed by atoms with van der Waals surface area (Å²) in [4.78, 5) is 0. The fourth-order valence-electron chi connectivity index (χ4n) is 2.45. The standard InChI is InChI=1S/C21H13ClF3N3OS/c22-19-10-5-15(11-18(19)21(23,24)25)28-20(30)27-14-3-8-17(9-4-14)29-16-6-1-13(12-26)2-7-16/h1-11H,(H2,27,28,30). The molecular weight excluding hydrogens is 435 g/mol. The Labute approximate surface area is 180 Å². The molecule has 3 rings (SSSR count). The second-order valence-corrected chi connectivity index (χ2v) is 6.85. The number of nitrogens with one attached hydrogen (secondary N) is 2. The molecule has 0 spiro atoms. The summed E-state index contributed by atoms with van der Waals surface area (Å²) in [5.41, 5.74) is 0.363. The molecule has 0 saturated carbocycles. The van der Waals surface area contributed by atoms with Crippen molar-refractivity contribution in [1.29, 1.82) is 5.26 Å². The van der Waals surface area contributed by atoms with E-state index in [1.54, 1.807) is 48.5 Å². The molecule has 0 heterocycles. The predicted octanol–water partition coefficient (Wildman–Crippen LogP) is 6.83. The van der Waals surface area contributed by atoms with Crippen LogP contribution in [-0.4, -0.2) is 5.11 Å². The maximum absolute atomic E-state index is 13.0. The molecular formula is C21H13ClF3N3OS. The number of hydrogen-bond acceptors (Lipinski definition) is 3. The molecule has 3 aromatic rings. The zero-order chi connectivity index (χ0) is 21.7. The molecule has 0 aliphatic rings. The summed E-state index contributed by atoms with van der Waals surface area (Å²) >= 11 is 10.8. The van der Waals surface area contributed by atoms with Gasteiger partial charge in [-0.05, 0) is 78.9 Å². The largest absolute Gasteiger partial charge is 0.457 e. The fourth-order valence-corrected chi connectivity index (χ4v) is 2.91. The van der Waals surface area contributed by atoms with Crippen LogP contribution in [0.15, 0.2) is 66.7 Å². The smallest absolute Gasteiger partial charge is 0.417 e. The molecule has 0 fully saturated rings. The van der Waals surface area contributed by atoms with E-state index in [1.807, 2.05) is 6.07 Å². The van der Waals surface area contributed by atoms with Crippen molar-refractivity contribution in [3.05, 3.63) is 82.9 Å². The van der Waals surface area contributed by atoms with E-state index in [-0.39, 0.29) is 15.8 Å². The van der Waals surface area contributed by atoms with E-state index < -0.39 is 11.7 Å². The molecule has 0 radical (unpaired) electrons. The number of alkyl halides is 3. The number of ether oxygens (including phenoxy) is 1. The highest BCUT2D eigenvalue weighted by atomic mass is 35.5. The Morgan fingerprint density at radius 1 is 0.900 bits per heavy atom. The minimum Gasteiger partial charge on any atom is -0.457 e. The molecule has 0 aliphatic carbocycles. The van der Waals surface area contributed by atoms with Crippen molar-refractivity contribution in [2.75, 3.05) is 10.6 Å². The first kappa shape index (κ1) is 21.4. The Bertz CT molecular complexity index is 1090. The summed E-state index contributed by atoms with van der Waals surface area (Å²) < 4.78 is 44.6. The van der Waals surface area contributed by atoms with Crippen molar-refractivity contribution in [3.8, 4) is 17.6 Å². The van der Waals surface area contributed by atoms with E-state index in [4.69, 9.17) is 33.8 Å². The maximum atomic E-state index is 13.0. The minimum atomic E-state index is -4.56. The third-order valence-electron chi connectivity index (χ3n) is 3.86. The van der Waals surface area contributed by atoms with Crippen LogP contribution in [0.4, 0.5) is 24.5 Å². The second kappa shape index (κ2) is 9.03. The molecule has 2 N–H and O–H groups in total. The minimum absolute atomic E-state index is 0.117. The molecule has 0 unspecified atom stereocenters. The van der Waals surface area contributed by atoms with Crippen molar-refractivity contribution >= 4 is 40.3 Å². The summed E-state index contributed by atoms with van der Waals surface area (Å²) in [7, 11) is 0. The molecule has 0 aromatic heterocycles. The molecule has 152 valence electrons. The van der Waals surface area contributed by atoms with Crippen LogP contribution < -0.4 is 15.4 Å². The van der Waals surface area contributed by atoms with Crippen molar-refractivity contribution in [3.63, 3.8) is 0 Å². The van der Waals surface area contributed by atoms with Crippen LogP contribution in [0.3, 0.4) is 0 Å². The normalized spacial score (nSPS) is 10.8. The van der Waals surface area contributed by atoms with Gasteiger partial charge in [0.2, 0.25) is 0 Å². The Balaban J connectivity index is 1.61. The van der Waals surface area contributed by atoms with E-state index in [9.17, 15) is 13.2 Å². The van der Waals surface area contributed by atoms with Crippen molar-refractivity contribution in [2.24, 2.45) is 0 Å². The maximum Gasteiger partial charge on any atom is 0.417 e. The van der Waals surface area contributed by atoms with E-state index >= 15 is 0 Å². The fraction of sp³-hybridized carbons (Fsp3) is 0.0476. The van der Waals surface area contributed by atoms with Crippen LogP contribution in [-0.2, 0) is 6.18 Å². The van der Waals surface area contributed by atoms with Crippen LogP contribution in [0.2, 0.25) is 5.02 Å². The van der Waals surface area contributed by atoms with Crippen molar-refractivity contribution < 1.29 is 17.9 Å². The van der Waals surface area contributed by atoms with Crippen LogP contribution in [0.25, 0.3) is 0 Å². The Morgan fingerprint density at radius 3 is 2.00 bits per heavy atom. The number of hydrogen-bond donors (Lipinski definition) is 2. The lowest BCUT2D eigenvalue weighted by molar-refractivity contribution is -0.137. The summed E-state index contributed by atoms with van der Waals surface area (Å²) in [5, 5.41) is 14.1. The second-order valence-electron chi connectivity index (χ2n) is 6.03. The van der Waals surface area contributed by atoms with Gasteiger partial charge in [0.05, 0.1) is 22.2 Å². The van der Waals surface area contributed by atoms with E-state index in [0.29, 0.717) is 22.7 Å². The number of nitrogens with zero attached hydrogens (tertiary/aromatic N) is 1. The van der Waals surface area contributed by atoms with Crippen molar-refractivity contribution in [1.82, 2.24) is 0 Å². The lowest BCUT2D eigenvalue weighted by Crippen LogP contribution is -2.19. The first-order chi connectivity index (χ1) is 14.2. The molecule has 0 atom stereocenters. The van der Waals surface area contributed by atoms with Gasteiger partial charge in [-0.3, -0.25) is 0 Å². The first-order valence-corrected chi connectivity index (χ1v) is 9.26. The molecule has 0 aliphatic heterocycles. The van der Waals surface area contributed by atoms with Crippen LogP contribution in [0.1, 0.15) is 11.1 Å². The summed E-state index contributed by atoms with van der Waals surface area (Å²) in [5.74, 6) is 1.15. The van der Waals surface area contributed by atoms with Gasteiger partial charge in [-0.15, -0.1) is 0 Å². The molecule has 3 aromatic carbocycles. The van der Waals surface area contributed by atoms with Gasteiger partial charge in [-0.2, -0.15) is 18.4 Å². The van der Waals surface area contributed by atoms with Crippen LogP contribution in [0, 0.1) is 11.3 Å². The number of halogens is 4. The zero-order valence-electron chi connectivity index (χ0n) is 15.1. The molecule has 30 heavy (non-hydrogen) atoms. The van der Waals surface area contributed by atoms with Gasteiger partial charge in [0.1, 0.15) is 11.5 Å². The SMILES string of the molecule is N#Cc1ccc(Oc2ccc(NC(=S)Nc3ccc(Cl)c(C(F)(F)F)c3)cc2)cc1. The van der Waals surface area contributed by atoms with Gasteiger partial charge in [-0.25, -0.2) is 0 Å². The number of anilines is 2. The number of benzene rings is 3. The summed E-state index contributed by atoms with van der Waals surface area (Å²) in [6.45, 7) is 0. The zero-order valence-corrected chi connectivity index (χ0v) is 16.7. The lowest BCUT2D eigenvalue weighted by Gasteiger charge is -2.14. The highest BCUT2D eigenvalue weighted by Gasteiger charge is 2.33. The van der Waals surface area contributed by atoms with Crippen LogP contribution in [0.5, 0.6) is 11.5 Å². The number of nitriles is 1. The quantitative estimate of drug-likeness (QED) is 0.429. The Hall–Kier alpha value is -3.28.